The van der Waals surface area contributed by atoms with Crippen LogP contribution in [0.1, 0.15) is 39.5 Å². The summed E-state index contributed by atoms with van der Waals surface area (Å²) in [5, 5.41) is 6.55. The van der Waals surface area contributed by atoms with Crippen molar-refractivity contribution in [1.29, 1.82) is 0 Å². The second-order valence-electron chi connectivity index (χ2n) is 6.43. The molecule has 0 aromatic rings. The van der Waals surface area contributed by atoms with Crippen molar-refractivity contribution in [2.45, 2.75) is 45.6 Å². The first-order valence-electron chi connectivity index (χ1n) is 7.88. The van der Waals surface area contributed by atoms with Gasteiger partial charge in [0, 0.05) is 25.0 Å². The van der Waals surface area contributed by atoms with Gasteiger partial charge in [-0.3, -0.25) is 4.79 Å². The van der Waals surface area contributed by atoms with Gasteiger partial charge in [-0.25, -0.2) is 0 Å². The molecule has 2 saturated heterocycles. The number of amides is 1. The zero-order valence-electron chi connectivity index (χ0n) is 12.9. The van der Waals surface area contributed by atoms with Crippen LogP contribution in [-0.2, 0) is 4.79 Å². The van der Waals surface area contributed by atoms with Crippen molar-refractivity contribution in [3.8, 4) is 0 Å². The van der Waals surface area contributed by atoms with E-state index in [1.165, 1.54) is 25.9 Å². The van der Waals surface area contributed by atoms with Gasteiger partial charge >= 0.3 is 0 Å². The van der Waals surface area contributed by atoms with Gasteiger partial charge in [0.25, 0.3) is 0 Å². The lowest BCUT2D eigenvalue weighted by atomic mass is 9.92. The van der Waals surface area contributed by atoms with Crippen molar-refractivity contribution >= 4 is 18.3 Å². The topological polar surface area (TPSA) is 44.4 Å². The lowest BCUT2D eigenvalue weighted by Gasteiger charge is -2.28. The van der Waals surface area contributed by atoms with E-state index < -0.39 is 0 Å². The van der Waals surface area contributed by atoms with Crippen molar-refractivity contribution in [3.05, 3.63) is 0 Å². The number of likely N-dealkylation sites (tertiary alicyclic amines) is 1. The maximum Gasteiger partial charge on any atom is 0.223 e. The molecule has 20 heavy (non-hydrogen) atoms. The number of halogens is 1. The van der Waals surface area contributed by atoms with Crippen molar-refractivity contribution in [1.82, 2.24) is 15.5 Å². The Balaban J connectivity index is 0.00000200. The Hall–Kier alpha value is -0.320. The van der Waals surface area contributed by atoms with Crippen LogP contribution in [0.5, 0.6) is 0 Å². The Bertz CT molecular complexity index is 295. The molecule has 5 heteroatoms. The molecule has 118 valence electrons. The van der Waals surface area contributed by atoms with E-state index in [9.17, 15) is 4.79 Å². The summed E-state index contributed by atoms with van der Waals surface area (Å²) in [6.07, 6.45) is 4.64. The van der Waals surface area contributed by atoms with Gasteiger partial charge in [-0.2, -0.15) is 0 Å². The number of hydrogen-bond acceptors (Lipinski definition) is 3. The van der Waals surface area contributed by atoms with Crippen LogP contribution in [0.4, 0.5) is 0 Å². The van der Waals surface area contributed by atoms with Crippen molar-refractivity contribution in [2.75, 3.05) is 32.7 Å². The van der Waals surface area contributed by atoms with E-state index in [2.05, 4.69) is 29.4 Å². The summed E-state index contributed by atoms with van der Waals surface area (Å²) in [6, 6.07) is 0.478. The second kappa shape index (κ2) is 8.85. The lowest BCUT2D eigenvalue weighted by Crippen LogP contribution is -2.44. The smallest absolute Gasteiger partial charge is 0.223 e. The number of carbonyl (C=O) groups excluding carboxylic acids is 1. The van der Waals surface area contributed by atoms with Crippen LogP contribution < -0.4 is 10.6 Å². The van der Waals surface area contributed by atoms with Gasteiger partial charge in [0.2, 0.25) is 5.91 Å². The van der Waals surface area contributed by atoms with Crippen LogP contribution in [-0.4, -0.2) is 49.6 Å². The maximum absolute atomic E-state index is 12.1. The van der Waals surface area contributed by atoms with Crippen molar-refractivity contribution in [2.24, 2.45) is 11.8 Å². The highest BCUT2D eigenvalue weighted by atomic mass is 35.5. The molecule has 0 bridgehead atoms. The van der Waals surface area contributed by atoms with E-state index in [4.69, 9.17) is 0 Å². The number of rotatable bonds is 5. The number of carbonyl (C=O) groups is 1. The third-order valence-corrected chi connectivity index (χ3v) is 4.39. The highest BCUT2D eigenvalue weighted by Gasteiger charge is 2.24. The number of nitrogens with one attached hydrogen (secondary N) is 2. The third kappa shape index (κ3) is 5.58. The summed E-state index contributed by atoms with van der Waals surface area (Å²) < 4.78 is 0. The molecule has 2 heterocycles. The van der Waals surface area contributed by atoms with Crippen molar-refractivity contribution in [3.63, 3.8) is 0 Å². The van der Waals surface area contributed by atoms with Gasteiger partial charge in [-0.05, 0) is 58.2 Å². The number of piperidine rings is 1. The normalized spacial score (nSPS) is 28.7. The Kier molecular flexibility index (Phi) is 7.85. The monoisotopic (exact) mass is 303 g/mol. The molecule has 0 saturated carbocycles. The molecule has 0 radical (unpaired) electrons. The zero-order chi connectivity index (χ0) is 13.7. The van der Waals surface area contributed by atoms with Gasteiger partial charge in [0.15, 0.2) is 0 Å². The molecule has 0 aromatic carbocycles. The fourth-order valence-corrected chi connectivity index (χ4v) is 3.26. The van der Waals surface area contributed by atoms with E-state index in [0.717, 1.165) is 32.5 Å². The summed E-state index contributed by atoms with van der Waals surface area (Å²) in [6.45, 7) is 9.81. The first kappa shape index (κ1) is 17.7. The van der Waals surface area contributed by atoms with Crippen LogP contribution in [0.3, 0.4) is 0 Å². The molecule has 0 aromatic heterocycles. The first-order valence-corrected chi connectivity index (χ1v) is 7.88. The lowest BCUT2D eigenvalue weighted by molar-refractivity contribution is -0.126. The van der Waals surface area contributed by atoms with E-state index in [1.54, 1.807) is 0 Å². The van der Waals surface area contributed by atoms with Crippen LogP contribution in [0, 0.1) is 11.8 Å². The minimum atomic E-state index is 0. The molecule has 2 aliphatic heterocycles. The average Bonchev–Trinajstić information content (AvgIpc) is 2.88. The molecular weight excluding hydrogens is 274 g/mol. The van der Waals surface area contributed by atoms with Gasteiger partial charge in [-0.1, -0.05) is 6.92 Å². The van der Waals surface area contributed by atoms with Crippen LogP contribution in [0.25, 0.3) is 0 Å². The number of nitrogens with zero attached hydrogens (tertiary/aromatic N) is 1. The Labute approximate surface area is 129 Å². The summed E-state index contributed by atoms with van der Waals surface area (Å²) in [5.41, 5.74) is 0. The van der Waals surface area contributed by atoms with Gasteiger partial charge < -0.3 is 15.5 Å². The number of hydrogen-bond donors (Lipinski definition) is 2. The Morgan fingerprint density at radius 2 is 2.10 bits per heavy atom. The standard InChI is InChI=1S/C15H29N3O.ClH/c1-12(11-18-7-3-4-8-18)10-17-15(19)14-5-6-16-13(2)9-14;/h12-14,16H,3-11H2,1-2H3,(H,17,19);1H/t12?,13-,14-;/m0./s1. The highest BCUT2D eigenvalue weighted by Crippen LogP contribution is 2.16. The maximum atomic E-state index is 12.1. The molecule has 4 nitrogen and oxygen atoms in total. The Morgan fingerprint density at radius 1 is 1.40 bits per heavy atom. The highest BCUT2D eigenvalue weighted by molar-refractivity contribution is 5.85. The predicted octanol–water partition coefficient (Wildman–Crippen LogP) is 1.64. The van der Waals surface area contributed by atoms with E-state index in [-0.39, 0.29) is 24.2 Å². The Morgan fingerprint density at radius 3 is 2.75 bits per heavy atom. The second-order valence-corrected chi connectivity index (χ2v) is 6.43. The molecule has 2 rings (SSSR count). The summed E-state index contributed by atoms with van der Waals surface area (Å²) in [4.78, 5) is 14.7. The molecule has 0 spiro atoms. The van der Waals surface area contributed by atoms with Gasteiger partial charge in [0.1, 0.15) is 0 Å². The van der Waals surface area contributed by atoms with E-state index >= 15 is 0 Å². The van der Waals surface area contributed by atoms with Gasteiger partial charge in [0.05, 0.1) is 0 Å². The summed E-state index contributed by atoms with van der Waals surface area (Å²) >= 11 is 0. The molecule has 2 aliphatic rings. The quantitative estimate of drug-likeness (QED) is 0.812. The fourth-order valence-electron chi connectivity index (χ4n) is 3.26. The van der Waals surface area contributed by atoms with E-state index in [0.29, 0.717) is 12.0 Å². The molecule has 1 unspecified atom stereocenters. The molecule has 2 N–H and O–H groups in total. The van der Waals surface area contributed by atoms with Crippen LogP contribution in [0.2, 0.25) is 0 Å². The fraction of sp³-hybridized carbons (Fsp3) is 0.933. The third-order valence-electron chi connectivity index (χ3n) is 4.39. The van der Waals surface area contributed by atoms with Crippen molar-refractivity contribution < 1.29 is 4.79 Å². The van der Waals surface area contributed by atoms with E-state index in [1.807, 2.05) is 0 Å². The SMILES string of the molecule is CC(CNC(=O)[C@H]1CCN[C@@H](C)C1)CN1CCCC1.Cl. The first-order chi connectivity index (χ1) is 9.15. The zero-order valence-corrected chi connectivity index (χ0v) is 13.7. The minimum Gasteiger partial charge on any atom is -0.356 e. The largest absolute Gasteiger partial charge is 0.356 e. The van der Waals surface area contributed by atoms with Gasteiger partial charge in [-0.15, -0.1) is 12.4 Å². The summed E-state index contributed by atoms with van der Waals surface area (Å²) in [7, 11) is 0. The molecule has 0 aliphatic carbocycles. The molecule has 1 amide bonds. The summed E-state index contributed by atoms with van der Waals surface area (Å²) in [5.74, 6) is 1.04. The molecule has 3 atom stereocenters. The van der Waals surface area contributed by atoms with Crippen LogP contribution >= 0.6 is 12.4 Å². The molecular formula is C15H30ClN3O. The average molecular weight is 304 g/mol. The minimum absolute atomic E-state index is 0. The predicted molar refractivity (Wildman–Crippen MR) is 85.3 cm³/mol. The van der Waals surface area contributed by atoms with Crippen LogP contribution in [0.15, 0.2) is 0 Å². The molecule has 2 fully saturated rings.